The highest BCUT2D eigenvalue weighted by molar-refractivity contribution is 6.35. The summed E-state index contributed by atoms with van der Waals surface area (Å²) in [4.78, 5) is 21.0. The number of benzene rings is 1. The minimum atomic E-state index is -0.723. The van der Waals surface area contributed by atoms with E-state index in [2.05, 4.69) is 9.97 Å². The van der Waals surface area contributed by atoms with Crippen molar-refractivity contribution in [2.24, 2.45) is 0 Å². The number of hydrogen-bond acceptors (Lipinski definition) is 8. The lowest BCUT2D eigenvalue weighted by atomic mass is 10.00. The number of rotatable bonds is 6. The molecule has 3 aromatic rings. The quantitative estimate of drug-likeness (QED) is 0.402. The van der Waals surface area contributed by atoms with Gasteiger partial charge in [-0.25, -0.2) is 9.37 Å². The summed E-state index contributed by atoms with van der Waals surface area (Å²) in [7, 11) is 0. The zero-order valence-corrected chi connectivity index (χ0v) is 18.4. The van der Waals surface area contributed by atoms with Crippen LogP contribution in [-0.4, -0.2) is 34.6 Å². The van der Waals surface area contributed by atoms with Crippen LogP contribution in [0.3, 0.4) is 0 Å². The lowest BCUT2D eigenvalue weighted by Crippen LogP contribution is -2.48. The van der Waals surface area contributed by atoms with Gasteiger partial charge in [0.05, 0.1) is 34.4 Å². The summed E-state index contributed by atoms with van der Waals surface area (Å²) < 4.78 is 20.1. The van der Waals surface area contributed by atoms with Crippen LogP contribution >= 0.6 is 23.2 Å². The molecule has 1 saturated heterocycles. The Hall–Kier alpha value is -3.74. The van der Waals surface area contributed by atoms with Gasteiger partial charge in [0.2, 0.25) is 0 Å². The van der Waals surface area contributed by atoms with Crippen LogP contribution in [0, 0.1) is 22.6 Å². The molecule has 8 nitrogen and oxygen atoms in total. The molecule has 4 rings (SSSR count). The monoisotopic (exact) mass is 484 g/mol. The van der Waals surface area contributed by atoms with Crippen LogP contribution < -0.4 is 15.4 Å². The van der Waals surface area contributed by atoms with Crippen molar-refractivity contribution >= 4 is 46.2 Å². The number of hydrogen-bond donors (Lipinski definition) is 2. The molecule has 0 saturated carbocycles. The molecule has 0 atom stereocenters. The average Bonchev–Trinajstić information content (AvgIpc) is 2.77. The van der Waals surface area contributed by atoms with E-state index >= 15 is 0 Å². The molecule has 0 bridgehead atoms. The van der Waals surface area contributed by atoms with Gasteiger partial charge in [0.1, 0.15) is 18.5 Å². The summed E-state index contributed by atoms with van der Waals surface area (Å²) in [5.41, 5.74) is 7.03. The molecule has 1 fully saturated rings. The number of nitrogen functional groups attached to an aromatic ring is 1. The van der Waals surface area contributed by atoms with E-state index in [1.54, 1.807) is 4.90 Å². The van der Waals surface area contributed by atoms with E-state index in [1.165, 1.54) is 30.7 Å². The van der Waals surface area contributed by atoms with E-state index in [-0.39, 0.29) is 63.8 Å². The van der Waals surface area contributed by atoms with E-state index in [1.807, 2.05) is 6.07 Å². The van der Waals surface area contributed by atoms with Crippen molar-refractivity contribution in [3.8, 4) is 11.8 Å². The Morgan fingerprint density at radius 3 is 2.58 bits per heavy atom. The molecule has 1 aromatic carbocycles. The molecule has 0 unspecified atom stereocenters. The van der Waals surface area contributed by atoms with Crippen molar-refractivity contribution in [1.29, 1.82) is 10.7 Å². The fraction of sp³-hybridized carbons (Fsp3) is 0.136. The SMILES string of the molecule is N#Cc1cc(C(=N)c2cc(OCc3c(Cl)cncc3Cl)c(F)cc2N)cnc1N1CC(=O)C1. The summed E-state index contributed by atoms with van der Waals surface area (Å²) in [6.45, 7) is 0.252. The third-order valence-electron chi connectivity index (χ3n) is 5.01. The van der Waals surface area contributed by atoms with Gasteiger partial charge in [-0.2, -0.15) is 5.26 Å². The summed E-state index contributed by atoms with van der Waals surface area (Å²) in [5, 5.41) is 18.6. The highest BCUT2D eigenvalue weighted by atomic mass is 35.5. The molecule has 33 heavy (non-hydrogen) atoms. The van der Waals surface area contributed by atoms with E-state index in [0.29, 0.717) is 16.9 Å². The maximum atomic E-state index is 14.5. The molecule has 0 spiro atoms. The Balaban J connectivity index is 1.62. The normalized spacial score (nSPS) is 12.8. The number of ether oxygens (including phenoxy) is 1. The summed E-state index contributed by atoms with van der Waals surface area (Å²) in [6.07, 6.45) is 4.19. The number of carbonyl (C=O) groups excluding carboxylic acids is 1. The Bertz CT molecular complexity index is 1310. The molecule has 1 aliphatic rings. The molecule has 3 heterocycles. The Kier molecular flexibility index (Phi) is 6.14. The van der Waals surface area contributed by atoms with Crippen LogP contribution in [0.15, 0.2) is 36.8 Å². The smallest absolute Gasteiger partial charge is 0.171 e. The third-order valence-corrected chi connectivity index (χ3v) is 5.66. The van der Waals surface area contributed by atoms with Crippen molar-refractivity contribution < 1.29 is 13.9 Å². The predicted octanol–water partition coefficient (Wildman–Crippen LogP) is 3.76. The Morgan fingerprint density at radius 2 is 1.94 bits per heavy atom. The van der Waals surface area contributed by atoms with Gasteiger partial charge in [0.25, 0.3) is 0 Å². The van der Waals surface area contributed by atoms with Crippen LogP contribution in [0.1, 0.15) is 22.3 Å². The lowest BCUT2D eigenvalue weighted by Gasteiger charge is -2.31. The molecule has 0 amide bonds. The maximum Gasteiger partial charge on any atom is 0.171 e. The number of ketones is 1. The number of aromatic nitrogens is 2. The van der Waals surface area contributed by atoms with E-state index in [9.17, 15) is 14.4 Å². The Labute approximate surface area is 197 Å². The zero-order valence-electron chi connectivity index (χ0n) is 16.9. The molecule has 1 aliphatic heterocycles. The highest BCUT2D eigenvalue weighted by Crippen LogP contribution is 2.30. The minimum absolute atomic E-state index is 0.0146. The fourth-order valence-electron chi connectivity index (χ4n) is 3.24. The van der Waals surface area contributed by atoms with Gasteiger partial charge in [0.15, 0.2) is 17.3 Å². The summed E-state index contributed by atoms with van der Waals surface area (Å²) >= 11 is 12.2. The first-order chi connectivity index (χ1) is 15.8. The van der Waals surface area contributed by atoms with Crippen molar-refractivity contribution in [2.75, 3.05) is 23.7 Å². The third kappa shape index (κ3) is 4.44. The van der Waals surface area contributed by atoms with E-state index in [0.717, 1.165) is 6.07 Å². The van der Waals surface area contributed by atoms with Gasteiger partial charge in [-0.15, -0.1) is 0 Å². The largest absolute Gasteiger partial charge is 0.486 e. The first kappa shape index (κ1) is 22.5. The van der Waals surface area contributed by atoms with Gasteiger partial charge >= 0.3 is 0 Å². The summed E-state index contributed by atoms with van der Waals surface area (Å²) in [6, 6.07) is 5.86. The highest BCUT2D eigenvalue weighted by Gasteiger charge is 2.27. The van der Waals surface area contributed by atoms with Crippen molar-refractivity contribution in [3.63, 3.8) is 0 Å². The Morgan fingerprint density at radius 1 is 1.24 bits per heavy atom. The molecular formula is C22H15Cl2FN6O2. The number of carbonyl (C=O) groups is 1. The molecule has 2 aromatic heterocycles. The molecule has 0 aliphatic carbocycles. The molecule has 11 heteroatoms. The number of nitrogens with two attached hydrogens (primary N) is 1. The number of Topliss-reactive ketones (excluding diaryl/α,β-unsaturated/α-hetero) is 1. The van der Waals surface area contributed by atoms with Crippen LogP contribution in [0.2, 0.25) is 10.0 Å². The number of halogens is 3. The standard InChI is InChI=1S/C22H15Cl2FN6O2/c23-16-6-29-7-17(24)15(16)10-33-20-2-14(19(27)3-18(20)25)21(28)12-1-11(4-26)22(30-5-12)31-8-13(32)9-31/h1-3,5-7,28H,8-10,27H2. The molecule has 3 N–H and O–H groups in total. The average molecular weight is 485 g/mol. The number of nitrogens with one attached hydrogen (secondary N) is 1. The zero-order chi connectivity index (χ0) is 23.7. The maximum absolute atomic E-state index is 14.5. The number of nitrogens with zero attached hydrogens (tertiary/aromatic N) is 4. The van der Waals surface area contributed by atoms with Gasteiger partial charge in [-0.3, -0.25) is 15.2 Å². The number of nitriles is 1. The molecular weight excluding hydrogens is 470 g/mol. The minimum Gasteiger partial charge on any atom is -0.486 e. The van der Waals surface area contributed by atoms with Gasteiger partial charge in [0, 0.05) is 47.0 Å². The second-order valence-corrected chi connectivity index (χ2v) is 8.03. The van der Waals surface area contributed by atoms with Gasteiger partial charge in [-0.05, 0) is 12.1 Å². The summed E-state index contributed by atoms with van der Waals surface area (Å²) in [5.74, 6) is -0.453. The number of pyridine rings is 2. The van der Waals surface area contributed by atoms with E-state index < -0.39 is 5.82 Å². The lowest BCUT2D eigenvalue weighted by molar-refractivity contribution is -0.119. The van der Waals surface area contributed by atoms with Crippen LogP contribution in [0.25, 0.3) is 0 Å². The molecule has 0 radical (unpaired) electrons. The van der Waals surface area contributed by atoms with Crippen molar-refractivity contribution in [2.45, 2.75) is 6.61 Å². The van der Waals surface area contributed by atoms with Crippen LogP contribution in [0.4, 0.5) is 15.9 Å². The van der Waals surface area contributed by atoms with Gasteiger partial charge in [-0.1, -0.05) is 23.2 Å². The second kappa shape index (κ2) is 9.02. The van der Waals surface area contributed by atoms with E-state index in [4.69, 9.17) is 39.1 Å². The van der Waals surface area contributed by atoms with Crippen molar-refractivity contribution in [3.05, 3.63) is 74.9 Å². The number of anilines is 2. The fourth-order valence-corrected chi connectivity index (χ4v) is 3.71. The predicted molar refractivity (Wildman–Crippen MR) is 122 cm³/mol. The van der Waals surface area contributed by atoms with Gasteiger partial charge < -0.3 is 15.4 Å². The first-order valence-electron chi connectivity index (χ1n) is 9.54. The van der Waals surface area contributed by atoms with Crippen LogP contribution in [0.5, 0.6) is 5.75 Å². The van der Waals surface area contributed by atoms with Crippen LogP contribution in [-0.2, 0) is 11.4 Å². The first-order valence-corrected chi connectivity index (χ1v) is 10.3. The molecule has 166 valence electrons. The van der Waals surface area contributed by atoms with Crippen molar-refractivity contribution in [1.82, 2.24) is 9.97 Å². The second-order valence-electron chi connectivity index (χ2n) is 7.22. The topological polar surface area (TPSA) is 129 Å².